The van der Waals surface area contributed by atoms with Crippen LogP contribution in [0.4, 0.5) is 5.69 Å². The summed E-state index contributed by atoms with van der Waals surface area (Å²) in [6.45, 7) is 1.93. The van der Waals surface area contributed by atoms with Gasteiger partial charge in [-0.2, -0.15) is 0 Å². The fourth-order valence-corrected chi connectivity index (χ4v) is 3.95. The van der Waals surface area contributed by atoms with E-state index in [2.05, 4.69) is 5.43 Å². The number of rotatable bonds is 4. The molecule has 6 nitrogen and oxygen atoms in total. The summed E-state index contributed by atoms with van der Waals surface area (Å²) in [6, 6.07) is 9.39. The van der Waals surface area contributed by atoms with Crippen LogP contribution < -0.4 is 25.5 Å². The summed E-state index contributed by atoms with van der Waals surface area (Å²) in [6.07, 6.45) is 0. The molecule has 3 aromatic rings. The van der Waals surface area contributed by atoms with E-state index in [1.807, 2.05) is 37.3 Å². The highest BCUT2D eigenvalue weighted by atomic mass is 16.5. The topological polar surface area (TPSA) is 82.8 Å². The van der Waals surface area contributed by atoms with E-state index in [-0.39, 0.29) is 5.78 Å². The molecule has 0 bridgehead atoms. The van der Waals surface area contributed by atoms with Gasteiger partial charge in [0.1, 0.15) is 17.2 Å². The Morgan fingerprint density at radius 1 is 0.926 bits per heavy atom. The number of nitrogens with two attached hydrogens (primary N) is 1. The van der Waals surface area contributed by atoms with Gasteiger partial charge in [0, 0.05) is 22.1 Å². The summed E-state index contributed by atoms with van der Waals surface area (Å²) in [5.74, 6) is 7.57. The average molecular weight is 364 g/mol. The van der Waals surface area contributed by atoms with Crippen molar-refractivity contribution >= 4 is 22.2 Å². The summed E-state index contributed by atoms with van der Waals surface area (Å²) in [7, 11) is 4.76. The summed E-state index contributed by atoms with van der Waals surface area (Å²) in [4.78, 5) is 13.4. The van der Waals surface area contributed by atoms with Crippen LogP contribution in [0.15, 0.2) is 30.3 Å². The first kappa shape index (κ1) is 17.2. The summed E-state index contributed by atoms with van der Waals surface area (Å²) >= 11 is 0. The molecular formula is C21H20N2O4. The molecule has 0 saturated carbocycles. The lowest BCUT2D eigenvalue weighted by atomic mass is 9.95. The minimum Gasteiger partial charge on any atom is -0.496 e. The number of benzene rings is 3. The van der Waals surface area contributed by atoms with Crippen LogP contribution in [0.5, 0.6) is 17.2 Å². The van der Waals surface area contributed by atoms with Gasteiger partial charge in [0.25, 0.3) is 0 Å². The van der Waals surface area contributed by atoms with Crippen molar-refractivity contribution < 1.29 is 19.0 Å². The van der Waals surface area contributed by atoms with Crippen LogP contribution in [-0.2, 0) is 0 Å². The number of hydrazine groups is 1. The van der Waals surface area contributed by atoms with Gasteiger partial charge in [-0.25, -0.2) is 0 Å². The number of ketones is 1. The van der Waals surface area contributed by atoms with Gasteiger partial charge in [-0.3, -0.25) is 10.6 Å². The van der Waals surface area contributed by atoms with Crippen molar-refractivity contribution in [3.05, 3.63) is 47.0 Å². The lowest BCUT2D eigenvalue weighted by molar-refractivity contribution is 0.104. The zero-order chi connectivity index (χ0) is 19.3. The molecule has 0 saturated heterocycles. The second-order valence-electron chi connectivity index (χ2n) is 6.40. The Balaban J connectivity index is 2.26. The van der Waals surface area contributed by atoms with E-state index in [0.29, 0.717) is 45.0 Å². The van der Waals surface area contributed by atoms with Crippen LogP contribution in [0.25, 0.3) is 21.9 Å². The van der Waals surface area contributed by atoms with Crippen molar-refractivity contribution in [1.29, 1.82) is 0 Å². The van der Waals surface area contributed by atoms with E-state index < -0.39 is 0 Å². The summed E-state index contributed by atoms with van der Waals surface area (Å²) < 4.78 is 16.9. The number of nitrogen functional groups attached to an aromatic ring is 1. The number of methoxy groups -OCH3 is 3. The smallest absolute Gasteiger partial charge is 0.196 e. The van der Waals surface area contributed by atoms with Gasteiger partial charge < -0.3 is 19.6 Å². The van der Waals surface area contributed by atoms with Gasteiger partial charge in [0.2, 0.25) is 0 Å². The number of ether oxygens (including phenoxy) is 3. The van der Waals surface area contributed by atoms with Gasteiger partial charge in [-0.15, -0.1) is 0 Å². The molecule has 6 heteroatoms. The van der Waals surface area contributed by atoms with Gasteiger partial charge in [0.05, 0.1) is 38.0 Å². The zero-order valence-corrected chi connectivity index (χ0v) is 15.6. The van der Waals surface area contributed by atoms with Crippen LogP contribution in [-0.4, -0.2) is 27.1 Å². The Hall–Kier alpha value is -3.25. The number of hydrogen-bond donors (Lipinski definition) is 2. The number of aryl methyl sites for hydroxylation is 1. The zero-order valence-electron chi connectivity index (χ0n) is 15.6. The fourth-order valence-electron chi connectivity index (χ4n) is 3.95. The van der Waals surface area contributed by atoms with Crippen molar-refractivity contribution in [2.45, 2.75) is 6.92 Å². The van der Waals surface area contributed by atoms with E-state index in [1.165, 1.54) is 0 Å². The Labute approximate surface area is 156 Å². The Kier molecular flexibility index (Phi) is 3.93. The molecule has 1 aliphatic carbocycles. The SMILES string of the molecule is COc1cc(C)cc2c1-c1c(c(NN)c3c(OC)cccc3c1OC)C2=O. The largest absolute Gasteiger partial charge is 0.496 e. The average Bonchev–Trinajstić information content (AvgIpc) is 2.97. The van der Waals surface area contributed by atoms with Gasteiger partial charge >= 0.3 is 0 Å². The maximum Gasteiger partial charge on any atom is 0.196 e. The van der Waals surface area contributed by atoms with E-state index in [4.69, 9.17) is 20.1 Å². The number of fused-ring (bicyclic) bond motifs is 4. The molecular weight excluding hydrogens is 344 g/mol. The molecule has 0 fully saturated rings. The van der Waals surface area contributed by atoms with Crippen LogP contribution in [0.1, 0.15) is 21.5 Å². The number of hydrogen-bond acceptors (Lipinski definition) is 6. The van der Waals surface area contributed by atoms with Gasteiger partial charge in [0.15, 0.2) is 5.78 Å². The molecule has 3 aromatic carbocycles. The predicted octanol–water partition coefficient (Wildman–Crippen LogP) is 3.67. The molecule has 3 N–H and O–H groups in total. The first-order chi connectivity index (χ1) is 13.1. The van der Waals surface area contributed by atoms with Crippen molar-refractivity contribution in [3.63, 3.8) is 0 Å². The lowest BCUT2D eigenvalue weighted by Gasteiger charge is -2.19. The van der Waals surface area contributed by atoms with E-state index in [1.54, 1.807) is 21.3 Å². The Bertz CT molecular complexity index is 1110. The van der Waals surface area contributed by atoms with Crippen molar-refractivity contribution in [3.8, 4) is 28.4 Å². The highest BCUT2D eigenvalue weighted by Crippen LogP contribution is 2.54. The molecule has 27 heavy (non-hydrogen) atoms. The minimum atomic E-state index is -0.124. The summed E-state index contributed by atoms with van der Waals surface area (Å²) in [5, 5.41) is 1.50. The van der Waals surface area contributed by atoms with E-state index >= 15 is 0 Å². The first-order valence-corrected chi connectivity index (χ1v) is 8.48. The third-order valence-corrected chi connectivity index (χ3v) is 5.00. The lowest BCUT2D eigenvalue weighted by Crippen LogP contribution is -2.12. The quantitative estimate of drug-likeness (QED) is 0.425. The van der Waals surface area contributed by atoms with Crippen molar-refractivity contribution in [2.24, 2.45) is 5.84 Å². The molecule has 0 heterocycles. The molecule has 0 aliphatic heterocycles. The molecule has 4 rings (SSSR count). The van der Waals surface area contributed by atoms with Crippen molar-refractivity contribution in [1.82, 2.24) is 0 Å². The normalized spacial score (nSPS) is 12.0. The number of carbonyl (C=O) groups is 1. The standard InChI is InChI=1S/C21H20N2O4/c1-10-8-12-15(14(9-10)26-3)17-18(20(12)24)19(23-22)16-11(21(17)27-4)6-5-7-13(16)25-2/h5-9,23H,22H2,1-4H3. The van der Waals surface area contributed by atoms with Crippen molar-refractivity contribution in [2.75, 3.05) is 26.8 Å². The van der Waals surface area contributed by atoms with Crippen LogP contribution in [0, 0.1) is 6.92 Å². The number of carbonyl (C=O) groups excluding carboxylic acids is 1. The number of nitrogens with one attached hydrogen (secondary N) is 1. The van der Waals surface area contributed by atoms with Gasteiger partial charge in [-0.1, -0.05) is 12.1 Å². The second-order valence-corrected chi connectivity index (χ2v) is 6.40. The Morgan fingerprint density at radius 3 is 2.30 bits per heavy atom. The van der Waals surface area contributed by atoms with Crippen LogP contribution in [0.2, 0.25) is 0 Å². The third-order valence-electron chi connectivity index (χ3n) is 5.00. The molecule has 0 spiro atoms. The fraction of sp³-hybridized carbons (Fsp3) is 0.190. The second kappa shape index (κ2) is 6.17. The summed E-state index contributed by atoms with van der Waals surface area (Å²) in [5.41, 5.74) is 6.61. The molecule has 0 unspecified atom stereocenters. The van der Waals surface area contributed by atoms with E-state index in [9.17, 15) is 4.79 Å². The highest BCUT2D eigenvalue weighted by molar-refractivity contribution is 6.30. The minimum absolute atomic E-state index is 0.124. The molecule has 0 radical (unpaired) electrons. The monoisotopic (exact) mass is 364 g/mol. The number of anilines is 1. The molecule has 0 atom stereocenters. The molecule has 0 aromatic heterocycles. The first-order valence-electron chi connectivity index (χ1n) is 8.48. The molecule has 1 aliphatic rings. The van der Waals surface area contributed by atoms with Crippen LogP contribution in [0.3, 0.4) is 0 Å². The highest BCUT2D eigenvalue weighted by Gasteiger charge is 2.37. The predicted molar refractivity (Wildman–Crippen MR) is 105 cm³/mol. The van der Waals surface area contributed by atoms with Gasteiger partial charge in [-0.05, 0) is 30.7 Å². The maximum atomic E-state index is 13.4. The third kappa shape index (κ3) is 2.20. The molecule has 138 valence electrons. The van der Waals surface area contributed by atoms with E-state index in [0.717, 1.165) is 16.5 Å². The Morgan fingerprint density at radius 2 is 1.67 bits per heavy atom. The van der Waals surface area contributed by atoms with Crippen LogP contribution >= 0.6 is 0 Å². The maximum absolute atomic E-state index is 13.4. The molecule has 0 amide bonds.